The molecule has 1 aromatic carbocycles. The third kappa shape index (κ3) is 4.00. The number of aryl methyl sites for hydroxylation is 1. The molecule has 25 heavy (non-hydrogen) atoms. The van der Waals surface area contributed by atoms with Crippen LogP contribution >= 0.6 is 22.9 Å². The highest BCUT2D eigenvalue weighted by atomic mass is 35.5. The zero-order valence-electron chi connectivity index (χ0n) is 13.8. The van der Waals surface area contributed by atoms with E-state index in [4.69, 9.17) is 16.3 Å². The lowest BCUT2D eigenvalue weighted by molar-refractivity contribution is 0.0945. The molecule has 0 atom stereocenters. The number of aromatic nitrogens is 3. The van der Waals surface area contributed by atoms with Crippen LogP contribution in [-0.4, -0.2) is 27.8 Å². The van der Waals surface area contributed by atoms with E-state index in [0.29, 0.717) is 18.1 Å². The van der Waals surface area contributed by atoms with Gasteiger partial charge in [0.2, 0.25) is 0 Å². The Morgan fingerprint density at radius 2 is 2.12 bits per heavy atom. The topological polar surface area (TPSA) is 69.0 Å². The van der Waals surface area contributed by atoms with E-state index in [-0.39, 0.29) is 11.6 Å². The van der Waals surface area contributed by atoms with Gasteiger partial charge in [-0.15, -0.1) is 11.3 Å². The second kappa shape index (κ2) is 7.67. The van der Waals surface area contributed by atoms with Crippen LogP contribution in [0.4, 0.5) is 0 Å². The van der Waals surface area contributed by atoms with Gasteiger partial charge in [-0.2, -0.15) is 5.10 Å². The number of ether oxygens (including phenoxy) is 1. The maximum atomic E-state index is 12.2. The summed E-state index contributed by atoms with van der Waals surface area (Å²) in [6.07, 6.45) is 1.64. The third-order valence-corrected chi connectivity index (χ3v) is 4.72. The van der Waals surface area contributed by atoms with Gasteiger partial charge in [0.05, 0.1) is 24.4 Å². The standard InChI is InChI=1S/C17H17ClN4O2S/c1-3-22-9-13(18)16(21-22)17(23)19-8-15-20-14(10-25-15)11-4-6-12(24-2)7-5-11/h4-7,9-10H,3,8H2,1-2H3,(H,19,23). The number of hydrogen-bond acceptors (Lipinski definition) is 5. The number of rotatable bonds is 6. The lowest BCUT2D eigenvalue weighted by atomic mass is 10.2. The first kappa shape index (κ1) is 17.4. The normalized spacial score (nSPS) is 10.7. The van der Waals surface area contributed by atoms with Gasteiger partial charge in [-0.25, -0.2) is 4.98 Å². The average Bonchev–Trinajstić information content (AvgIpc) is 3.26. The summed E-state index contributed by atoms with van der Waals surface area (Å²) in [5.41, 5.74) is 2.10. The van der Waals surface area contributed by atoms with Crippen LogP contribution in [0.1, 0.15) is 22.4 Å². The minimum atomic E-state index is -0.307. The van der Waals surface area contributed by atoms with Crippen molar-refractivity contribution in [3.05, 3.63) is 51.6 Å². The number of carbonyl (C=O) groups excluding carboxylic acids is 1. The molecule has 130 valence electrons. The molecule has 0 aliphatic rings. The van der Waals surface area contributed by atoms with Gasteiger partial charge in [0, 0.05) is 23.7 Å². The fourth-order valence-electron chi connectivity index (χ4n) is 2.24. The molecule has 1 amide bonds. The Labute approximate surface area is 154 Å². The summed E-state index contributed by atoms with van der Waals surface area (Å²) in [6, 6.07) is 7.69. The van der Waals surface area contributed by atoms with Crippen LogP contribution in [0.5, 0.6) is 5.75 Å². The Hall–Kier alpha value is -2.38. The Morgan fingerprint density at radius 3 is 2.76 bits per heavy atom. The van der Waals surface area contributed by atoms with Crippen molar-refractivity contribution < 1.29 is 9.53 Å². The number of amides is 1. The second-order valence-corrected chi connectivity index (χ2v) is 6.57. The number of hydrogen-bond donors (Lipinski definition) is 1. The largest absolute Gasteiger partial charge is 0.497 e. The molecule has 0 radical (unpaired) electrons. The fourth-order valence-corrected chi connectivity index (χ4v) is 3.22. The molecule has 0 aliphatic heterocycles. The highest BCUT2D eigenvalue weighted by Gasteiger charge is 2.15. The Kier molecular flexibility index (Phi) is 5.35. The Balaban J connectivity index is 1.64. The molecular formula is C17H17ClN4O2S. The van der Waals surface area contributed by atoms with Crippen molar-refractivity contribution in [1.29, 1.82) is 0 Å². The summed E-state index contributed by atoms with van der Waals surface area (Å²) in [7, 11) is 1.63. The van der Waals surface area contributed by atoms with E-state index in [1.54, 1.807) is 18.0 Å². The molecule has 2 heterocycles. The van der Waals surface area contributed by atoms with Crippen LogP contribution in [0, 0.1) is 0 Å². The first-order valence-electron chi connectivity index (χ1n) is 7.70. The van der Waals surface area contributed by atoms with Crippen LogP contribution in [0.15, 0.2) is 35.8 Å². The minimum Gasteiger partial charge on any atom is -0.497 e. The highest BCUT2D eigenvalue weighted by molar-refractivity contribution is 7.09. The lowest BCUT2D eigenvalue weighted by Gasteiger charge is -2.01. The van der Waals surface area contributed by atoms with Gasteiger partial charge in [-0.3, -0.25) is 9.48 Å². The predicted molar refractivity (Wildman–Crippen MR) is 98.2 cm³/mol. The number of nitrogens with zero attached hydrogens (tertiary/aromatic N) is 3. The molecule has 0 saturated heterocycles. The van der Waals surface area contributed by atoms with Crippen molar-refractivity contribution in [2.45, 2.75) is 20.0 Å². The SMILES string of the molecule is CCn1cc(Cl)c(C(=O)NCc2nc(-c3ccc(OC)cc3)cs2)n1. The van der Waals surface area contributed by atoms with Crippen molar-refractivity contribution in [3.63, 3.8) is 0 Å². The quantitative estimate of drug-likeness (QED) is 0.713. The second-order valence-electron chi connectivity index (χ2n) is 5.22. The molecule has 8 heteroatoms. The van der Waals surface area contributed by atoms with Crippen molar-refractivity contribution >= 4 is 28.8 Å². The van der Waals surface area contributed by atoms with E-state index in [0.717, 1.165) is 22.0 Å². The summed E-state index contributed by atoms with van der Waals surface area (Å²) < 4.78 is 6.78. The van der Waals surface area contributed by atoms with Gasteiger partial charge in [-0.1, -0.05) is 11.6 Å². The molecule has 0 bridgehead atoms. The Bertz CT molecular complexity index is 873. The van der Waals surface area contributed by atoms with E-state index < -0.39 is 0 Å². The molecule has 6 nitrogen and oxygen atoms in total. The van der Waals surface area contributed by atoms with Gasteiger partial charge >= 0.3 is 0 Å². The molecule has 0 fully saturated rings. The summed E-state index contributed by atoms with van der Waals surface area (Å²) in [6.45, 7) is 2.92. The molecule has 3 aromatic rings. The van der Waals surface area contributed by atoms with E-state index in [2.05, 4.69) is 15.4 Å². The summed E-state index contributed by atoms with van der Waals surface area (Å²) in [5.74, 6) is 0.494. The molecular weight excluding hydrogens is 360 g/mol. The number of thiazole rings is 1. The molecule has 2 aromatic heterocycles. The van der Waals surface area contributed by atoms with Gasteiger partial charge < -0.3 is 10.1 Å². The lowest BCUT2D eigenvalue weighted by Crippen LogP contribution is -2.23. The van der Waals surface area contributed by atoms with Crippen molar-refractivity contribution in [2.75, 3.05) is 7.11 Å². The highest BCUT2D eigenvalue weighted by Crippen LogP contribution is 2.24. The van der Waals surface area contributed by atoms with Crippen LogP contribution < -0.4 is 10.1 Å². The number of benzene rings is 1. The van der Waals surface area contributed by atoms with E-state index >= 15 is 0 Å². The summed E-state index contributed by atoms with van der Waals surface area (Å²) in [5, 5.41) is 10.1. The molecule has 3 rings (SSSR count). The summed E-state index contributed by atoms with van der Waals surface area (Å²) >= 11 is 7.53. The van der Waals surface area contributed by atoms with Crippen molar-refractivity contribution in [3.8, 4) is 17.0 Å². The van der Waals surface area contributed by atoms with Crippen molar-refractivity contribution in [2.24, 2.45) is 0 Å². The van der Waals surface area contributed by atoms with E-state index in [1.807, 2.05) is 36.6 Å². The first-order chi connectivity index (χ1) is 12.1. The monoisotopic (exact) mass is 376 g/mol. The number of methoxy groups -OCH3 is 1. The van der Waals surface area contributed by atoms with E-state index in [1.165, 1.54) is 11.3 Å². The van der Waals surface area contributed by atoms with Gasteiger partial charge in [0.15, 0.2) is 5.69 Å². The van der Waals surface area contributed by atoms with Crippen LogP contribution in [0.3, 0.4) is 0 Å². The zero-order valence-corrected chi connectivity index (χ0v) is 15.4. The molecule has 0 saturated carbocycles. The number of halogens is 1. The zero-order chi connectivity index (χ0) is 17.8. The third-order valence-electron chi connectivity index (χ3n) is 3.59. The fraction of sp³-hybridized carbons (Fsp3) is 0.235. The smallest absolute Gasteiger partial charge is 0.273 e. The maximum absolute atomic E-state index is 12.2. The van der Waals surface area contributed by atoms with Crippen LogP contribution in [0.25, 0.3) is 11.3 Å². The predicted octanol–water partition coefficient (Wildman–Crippen LogP) is 3.62. The molecule has 1 N–H and O–H groups in total. The maximum Gasteiger partial charge on any atom is 0.273 e. The minimum absolute atomic E-state index is 0.232. The van der Waals surface area contributed by atoms with Crippen LogP contribution in [0.2, 0.25) is 5.02 Å². The first-order valence-corrected chi connectivity index (χ1v) is 8.96. The van der Waals surface area contributed by atoms with E-state index in [9.17, 15) is 4.79 Å². The van der Waals surface area contributed by atoms with Gasteiger partial charge in [-0.05, 0) is 31.2 Å². The summed E-state index contributed by atoms with van der Waals surface area (Å²) in [4.78, 5) is 16.8. The molecule has 0 unspecified atom stereocenters. The van der Waals surface area contributed by atoms with Crippen molar-refractivity contribution in [1.82, 2.24) is 20.1 Å². The molecule has 0 aliphatic carbocycles. The average molecular weight is 377 g/mol. The van der Waals surface area contributed by atoms with Crippen LogP contribution in [-0.2, 0) is 13.1 Å². The molecule has 0 spiro atoms. The van der Waals surface area contributed by atoms with Gasteiger partial charge in [0.1, 0.15) is 10.8 Å². The Morgan fingerprint density at radius 1 is 1.36 bits per heavy atom. The van der Waals surface area contributed by atoms with Gasteiger partial charge in [0.25, 0.3) is 5.91 Å². The number of nitrogens with one attached hydrogen (secondary N) is 1. The number of carbonyl (C=O) groups is 1.